The first kappa shape index (κ1) is 21.2. The van der Waals surface area contributed by atoms with Gasteiger partial charge in [-0.25, -0.2) is 0 Å². The van der Waals surface area contributed by atoms with Crippen molar-refractivity contribution in [2.45, 2.75) is 5.22 Å². The monoisotopic (exact) mass is 471 g/mol. The van der Waals surface area contributed by atoms with E-state index in [9.17, 15) is 4.79 Å². The Labute approximate surface area is 192 Å². The molecule has 4 rings (SSSR count). The number of hydrogen-bond donors (Lipinski definition) is 1. The molecule has 0 spiro atoms. The summed E-state index contributed by atoms with van der Waals surface area (Å²) in [4.78, 5) is 12.5. The van der Waals surface area contributed by atoms with Gasteiger partial charge in [0.1, 0.15) is 5.75 Å². The van der Waals surface area contributed by atoms with Crippen LogP contribution in [-0.2, 0) is 4.79 Å². The number of anilines is 1. The van der Waals surface area contributed by atoms with Crippen LogP contribution >= 0.6 is 35.0 Å². The lowest BCUT2D eigenvalue weighted by molar-refractivity contribution is -0.113. The van der Waals surface area contributed by atoms with Crippen LogP contribution in [0.25, 0.3) is 11.5 Å². The van der Waals surface area contributed by atoms with E-state index in [1.54, 1.807) is 54.6 Å². The Bertz CT molecular complexity index is 1200. The lowest BCUT2D eigenvalue weighted by Gasteiger charge is -2.12. The van der Waals surface area contributed by atoms with Gasteiger partial charge in [-0.05, 0) is 48.5 Å². The number of aromatic nitrogens is 2. The Morgan fingerprint density at radius 1 is 0.935 bits per heavy atom. The molecule has 1 aromatic heterocycles. The van der Waals surface area contributed by atoms with Crippen LogP contribution in [0, 0.1) is 0 Å². The molecule has 9 heteroatoms. The molecule has 4 aromatic rings. The predicted molar refractivity (Wildman–Crippen MR) is 122 cm³/mol. The number of benzene rings is 3. The molecule has 0 aliphatic heterocycles. The Balaban J connectivity index is 1.38. The van der Waals surface area contributed by atoms with Crippen LogP contribution in [0.3, 0.4) is 0 Å². The number of thioether (sulfide) groups is 1. The van der Waals surface area contributed by atoms with E-state index in [1.165, 1.54) is 0 Å². The fourth-order valence-corrected chi connectivity index (χ4v) is 3.46. The summed E-state index contributed by atoms with van der Waals surface area (Å²) in [6, 6.07) is 21.3. The second-order valence-electron chi connectivity index (χ2n) is 6.25. The first-order valence-corrected chi connectivity index (χ1v) is 10.9. The maximum atomic E-state index is 12.5. The molecule has 0 unspecified atom stereocenters. The van der Waals surface area contributed by atoms with Crippen LogP contribution in [0.5, 0.6) is 11.5 Å². The van der Waals surface area contributed by atoms with E-state index < -0.39 is 0 Å². The SMILES string of the molecule is O=C(CSc1nnc(-c2ccc(Cl)cc2)o1)Nc1ccccc1Oc1ccccc1Cl. The van der Waals surface area contributed by atoms with Gasteiger partial charge in [0.05, 0.1) is 16.5 Å². The molecule has 3 aromatic carbocycles. The standard InChI is InChI=1S/C22H15Cl2N3O3S/c23-15-11-9-14(10-12-15)21-26-27-22(30-21)31-13-20(28)25-17-6-2-4-8-19(17)29-18-7-3-1-5-16(18)24/h1-12H,13H2,(H,25,28). The summed E-state index contributed by atoms with van der Waals surface area (Å²) in [6.45, 7) is 0. The minimum Gasteiger partial charge on any atom is -0.454 e. The highest BCUT2D eigenvalue weighted by Gasteiger charge is 2.13. The van der Waals surface area contributed by atoms with Gasteiger partial charge in [0.15, 0.2) is 5.75 Å². The molecule has 0 aliphatic carbocycles. The van der Waals surface area contributed by atoms with Crippen molar-refractivity contribution in [3.05, 3.63) is 82.8 Å². The van der Waals surface area contributed by atoms with Crippen molar-refractivity contribution >= 4 is 46.6 Å². The molecule has 1 heterocycles. The topological polar surface area (TPSA) is 77.2 Å². The number of halogens is 2. The molecule has 1 amide bonds. The van der Waals surface area contributed by atoms with Crippen molar-refractivity contribution in [2.75, 3.05) is 11.1 Å². The van der Waals surface area contributed by atoms with Crippen LogP contribution < -0.4 is 10.1 Å². The zero-order chi connectivity index (χ0) is 21.6. The van der Waals surface area contributed by atoms with Crippen molar-refractivity contribution < 1.29 is 13.9 Å². The number of carbonyl (C=O) groups excluding carboxylic acids is 1. The largest absolute Gasteiger partial charge is 0.454 e. The highest BCUT2D eigenvalue weighted by atomic mass is 35.5. The summed E-state index contributed by atoms with van der Waals surface area (Å²) in [5.74, 6) is 1.19. The number of para-hydroxylation sites is 3. The Kier molecular flexibility index (Phi) is 6.76. The molecule has 31 heavy (non-hydrogen) atoms. The lowest BCUT2D eigenvalue weighted by Crippen LogP contribution is -2.14. The molecule has 0 atom stereocenters. The summed E-state index contributed by atoms with van der Waals surface area (Å²) in [6.07, 6.45) is 0. The van der Waals surface area contributed by atoms with Crippen molar-refractivity contribution in [3.8, 4) is 23.0 Å². The minimum absolute atomic E-state index is 0.0860. The second-order valence-corrected chi connectivity index (χ2v) is 8.02. The number of amides is 1. The lowest BCUT2D eigenvalue weighted by atomic mass is 10.2. The van der Waals surface area contributed by atoms with Gasteiger partial charge >= 0.3 is 0 Å². The average Bonchev–Trinajstić information content (AvgIpc) is 3.25. The number of carbonyl (C=O) groups is 1. The molecule has 0 aliphatic rings. The predicted octanol–water partition coefficient (Wildman–Crippen LogP) is 6.57. The summed E-state index contributed by atoms with van der Waals surface area (Å²) < 4.78 is 11.5. The van der Waals surface area contributed by atoms with E-state index in [2.05, 4.69) is 15.5 Å². The summed E-state index contributed by atoms with van der Waals surface area (Å²) in [5.41, 5.74) is 1.28. The maximum absolute atomic E-state index is 12.5. The number of nitrogens with zero attached hydrogens (tertiary/aromatic N) is 2. The normalized spacial score (nSPS) is 10.6. The molecule has 0 bridgehead atoms. The molecule has 0 radical (unpaired) electrons. The number of rotatable bonds is 7. The third-order valence-corrected chi connectivity index (χ3v) is 5.42. The van der Waals surface area contributed by atoms with Crippen LogP contribution in [-0.4, -0.2) is 21.9 Å². The molecular weight excluding hydrogens is 457 g/mol. The molecule has 156 valence electrons. The van der Waals surface area contributed by atoms with Gasteiger partial charge in [-0.2, -0.15) is 0 Å². The van der Waals surface area contributed by atoms with Crippen LogP contribution in [0.4, 0.5) is 5.69 Å². The minimum atomic E-state index is -0.244. The molecular formula is C22H15Cl2N3O3S. The van der Waals surface area contributed by atoms with Crippen LogP contribution in [0.1, 0.15) is 0 Å². The molecule has 0 saturated carbocycles. The summed E-state index contributed by atoms with van der Waals surface area (Å²) in [5, 5.41) is 12.2. The molecule has 6 nitrogen and oxygen atoms in total. The zero-order valence-corrected chi connectivity index (χ0v) is 18.2. The fourth-order valence-electron chi connectivity index (χ4n) is 2.60. The molecule has 0 saturated heterocycles. The number of nitrogens with one attached hydrogen (secondary N) is 1. The van der Waals surface area contributed by atoms with E-state index in [-0.39, 0.29) is 11.7 Å². The summed E-state index contributed by atoms with van der Waals surface area (Å²) in [7, 11) is 0. The van der Waals surface area contributed by atoms with Gasteiger partial charge in [-0.15, -0.1) is 10.2 Å². The van der Waals surface area contributed by atoms with Gasteiger partial charge in [-0.1, -0.05) is 59.2 Å². The van der Waals surface area contributed by atoms with Gasteiger partial charge in [0.2, 0.25) is 11.8 Å². The van der Waals surface area contributed by atoms with Crippen molar-refractivity contribution in [2.24, 2.45) is 0 Å². The van der Waals surface area contributed by atoms with E-state index in [0.29, 0.717) is 38.3 Å². The van der Waals surface area contributed by atoms with E-state index in [0.717, 1.165) is 17.3 Å². The van der Waals surface area contributed by atoms with Gasteiger partial charge in [0.25, 0.3) is 5.22 Å². The first-order valence-electron chi connectivity index (χ1n) is 9.12. The third kappa shape index (κ3) is 5.58. The van der Waals surface area contributed by atoms with Crippen molar-refractivity contribution in [1.82, 2.24) is 10.2 Å². The van der Waals surface area contributed by atoms with Gasteiger partial charge in [-0.3, -0.25) is 4.79 Å². The highest BCUT2D eigenvalue weighted by molar-refractivity contribution is 7.99. The van der Waals surface area contributed by atoms with Crippen LogP contribution in [0.15, 0.2) is 82.4 Å². The Hall–Kier alpha value is -3.00. The van der Waals surface area contributed by atoms with E-state index in [1.807, 2.05) is 18.2 Å². The van der Waals surface area contributed by atoms with Crippen LogP contribution in [0.2, 0.25) is 10.0 Å². The first-order chi connectivity index (χ1) is 15.1. The third-order valence-electron chi connectivity index (χ3n) is 4.04. The number of hydrogen-bond acceptors (Lipinski definition) is 6. The average molecular weight is 472 g/mol. The fraction of sp³-hybridized carbons (Fsp3) is 0.0455. The highest BCUT2D eigenvalue weighted by Crippen LogP contribution is 2.33. The van der Waals surface area contributed by atoms with Gasteiger partial charge < -0.3 is 14.5 Å². The van der Waals surface area contributed by atoms with E-state index in [4.69, 9.17) is 32.4 Å². The second kappa shape index (κ2) is 9.87. The Morgan fingerprint density at radius 3 is 2.42 bits per heavy atom. The summed E-state index contributed by atoms with van der Waals surface area (Å²) >= 11 is 13.2. The van der Waals surface area contributed by atoms with Gasteiger partial charge in [0, 0.05) is 10.6 Å². The maximum Gasteiger partial charge on any atom is 0.277 e. The van der Waals surface area contributed by atoms with Crippen molar-refractivity contribution in [3.63, 3.8) is 0 Å². The molecule has 1 N–H and O–H groups in total. The van der Waals surface area contributed by atoms with Crippen molar-refractivity contribution in [1.29, 1.82) is 0 Å². The van der Waals surface area contributed by atoms with E-state index >= 15 is 0 Å². The quantitative estimate of drug-likeness (QED) is 0.307. The zero-order valence-electron chi connectivity index (χ0n) is 15.9. The smallest absolute Gasteiger partial charge is 0.277 e. The Morgan fingerprint density at radius 2 is 1.65 bits per heavy atom. The molecule has 0 fully saturated rings. The number of ether oxygens (including phenoxy) is 1.